The summed E-state index contributed by atoms with van der Waals surface area (Å²) in [5.74, 6) is 0.654. The molecule has 2 atom stereocenters. The maximum atomic E-state index is 9.65. The van der Waals surface area contributed by atoms with Crippen LogP contribution in [0.5, 0.6) is 0 Å². The fourth-order valence-electron chi connectivity index (χ4n) is 2.28. The number of ether oxygens (including phenoxy) is 1. The van der Waals surface area contributed by atoms with E-state index in [9.17, 15) is 5.11 Å². The number of β-amino-alcohol motifs (C(OH)–C–C–N with tert-alkyl or cyclic N) is 1. The first-order valence-electron chi connectivity index (χ1n) is 6.15. The molecule has 1 heterocycles. The zero-order valence-corrected chi connectivity index (χ0v) is 10.1. The highest BCUT2D eigenvalue weighted by Crippen LogP contribution is 2.17. The summed E-state index contributed by atoms with van der Waals surface area (Å²) < 4.78 is 5.23. The van der Waals surface area contributed by atoms with Gasteiger partial charge in [0.05, 0.1) is 12.7 Å². The van der Waals surface area contributed by atoms with E-state index in [1.165, 1.54) is 19.3 Å². The second-order valence-electron chi connectivity index (χ2n) is 4.64. The average Bonchev–Trinajstić information content (AvgIpc) is 2.44. The molecular formula is C12H25NO2. The van der Waals surface area contributed by atoms with Crippen LogP contribution in [0.3, 0.4) is 0 Å². The van der Waals surface area contributed by atoms with Crippen LogP contribution in [0.25, 0.3) is 0 Å². The molecule has 0 spiro atoms. The topological polar surface area (TPSA) is 32.7 Å². The van der Waals surface area contributed by atoms with Gasteiger partial charge in [0.2, 0.25) is 0 Å². The van der Waals surface area contributed by atoms with Crippen LogP contribution in [0.15, 0.2) is 0 Å². The van der Waals surface area contributed by atoms with Crippen LogP contribution >= 0.6 is 0 Å². The van der Waals surface area contributed by atoms with Crippen molar-refractivity contribution in [3.63, 3.8) is 0 Å². The number of hydrogen-bond donors (Lipinski definition) is 1. The third-order valence-corrected chi connectivity index (χ3v) is 3.20. The largest absolute Gasteiger partial charge is 0.392 e. The van der Waals surface area contributed by atoms with Gasteiger partial charge in [-0.15, -0.1) is 0 Å². The normalized spacial score (nSPS) is 26.2. The average molecular weight is 215 g/mol. The van der Waals surface area contributed by atoms with Crippen molar-refractivity contribution in [2.24, 2.45) is 5.92 Å². The lowest BCUT2D eigenvalue weighted by molar-refractivity contribution is 0.0854. The molecule has 1 aliphatic rings. The van der Waals surface area contributed by atoms with Crippen molar-refractivity contribution in [1.82, 2.24) is 4.90 Å². The number of aliphatic hydroxyl groups excluding tert-OH is 1. The zero-order valence-electron chi connectivity index (χ0n) is 10.1. The third-order valence-electron chi connectivity index (χ3n) is 3.20. The van der Waals surface area contributed by atoms with Crippen molar-refractivity contribution < 1.29 is 9.84 Å². The van der Waals surface area contributed by atoms with Crippen LogP contribution < -0.4 is 0 Å². The molecule has 0 bridgehead atoms. The fourth-order valence-corrected chi connectivity index (χ4v) is 2.28. The molecule has 0 amide bonds. The number of rotatable bonds is 5. The Morgan fingerprint density at radius 2 is 2.27 bits per heavy atom. The summed E-state index contributed by atoms with van der Waals surface area (Å²) >= 11 is 0. The van der Waals surface area contributed by atoms with Gasteiger partial charge in [-0.2, -0.15) is 0 Å². The molecule has 0 aromatic carbocycles. The number of hydrogen-bond acceptors (Lipinski definition) is 3. The number of nitrogens with zero attached hydrogens (tertiary/aromatic N) is 1. The van der Waals surface area contributed by atoms with Gasteiger partial charge in [0.1, 0.15) is 0 Å². The standard InChI is InChI=1S/C12H25NO2/c1-3-12(14)9-13-7-5-4-6-11(8-13)10-15-2/h11-12,14H,3-10H2,1-2H3/t11?,12-/m0/s1. The van der Waals surface area contributed by atoms with Crippen LogP contribution in [0.1, 0.15) is 32.6 Å². The zero-order chi connectivity index (χ0) is 11.1. The Hall–Kier alpha value is -0.120. The minimum absolute atomic E-state index is 0.161. The SMILES string of the molecule is CC[C@H](O)CN1CCCCC(COC)C1. The second-order valence-corrected chi connectivity index (χ2v) is 4.64. The Morgan fingerprint density at radius 1 is 1.47 bits per heavy atom. The van der Waals surface area contributed by atoms with E-state index in [1.54, 1.807) is 7.11 Å². The molecule has 1 fully saturated rings. The lowest BCUT2D eigenvalue weighted by Crippen LogP contribution is -2.36. The molecular weight excluding hydrogens is 190 g/mol. The van der Waals surface area contributed by atoms with E-state index < -0.39 is 0 Å². The monoisotopic (exact) mass is 215 g/mol. The summed E-state index contributed by atoms with van der Waals surface area (Å²) in [7, 11) is 1.77. The lowest BCUT2D eigenvalue weighted by atomic mass is 10.0. The lowest BCUT2D eigenvalue weighted by Gasteiger charge is -2.25. The van der Waals surface area contributed by atoms with Gasteiger partial charge in [0.15, 0.2) is 0 Å². The number of likely N-dealkylation sites (tertiary alicyclic amines) is 1. The highest BCUT2D eigenvalue weighted by Gasteiger charge is 2.19. The molecule has 1 saturated heterocycles. The van der Waals surface area contributed by atoms with Gasteiger partial charge in [-0.25, -0.2) is 0 Å². The van der Waals surface area contributed by atoms with Crippen molar-refractivity contribution in [3.8, 4) is 0 Å². The third kappa shape index (κ3) is 4.96. The summed E-state index contributed by atoms with van der Waals surface area (Å²) in [5, 5.41) is 9.65. The van der Waals surface area contributed by atoms with E-state index in [2.05, 4.69) is 4.90 Å². The van der Waals surface area contributed by atoms with Gasteiger partial charge in [-0.3, -0.25) is 0 Å². The molecule has 1 rings (SSSR count). The van der Waals surface area contributed by atoms with Crippen molar-refractivity contribution >= 4 is 0 Å². The Bertz CT molecular complexity index is 164. The Kier molecular flexibility index (Phi) is 6.22. The quantitative estimate of drug-likeness (QED) is 0.754. The molecule has 3 nitrogen and oxygen atoms in total. The van der Waals surface area contributed by atoms with Crippen molar-refractivity contribution in [1.29, 1.82) is 0 Å². The van der Waals surface area contributed by atoms with Gasteiger partial charge in [-0.1, -0.05) is 13.3 Å². The highest BCUT2D eigenvalue weighted by atomic mass is 16.5. The Balaban J connectivity index is 2.35. The predicted octanol–water partition coefficient (Wildman–Crippen LogP) is 1.51. The van der Waals surface area contributed by atoms with Crippen LogP contribution in [0.2, 0.25) is 0 Å². The summed E-state index contributed by atoms with van der Waals surface area (Å²) in [6.45, 7) is 5.95. The first-order chi connectivity index (χ1) is 7.26. The molecule has 3 heteroatoms. The van der Waals surface area contributed by atoms with E-state index in [4.69, 9.17) is 4.74 Å². The molecule has 0 aromatic heterocycles. The Morgan fingerprint density at radius 3 is 2.93 bits per heavy atom. The van der Waals surface area contributed by atoms with E-state index in [0.29, 0.717) is 5.92 Å². The predicted molar refractivity (Wildman–Crippen MR) is 62.0 cm³/mol. The molecule has 0 saturated carbocycles. The van der Waals surface area contributed by atoms with Crippen LogP contribution in [-0.2, 0) is 4.74 Å². The first kappa shape index (κ1) is 12.9. The van der Waals surface area contributed by atoms with Gasteiger partial charge in [-0.05, 0) is 31.7 Å². The van der Waals surface area contributed by atoms with Gasteiger partial charge < -0.3 is 14.7 Å². The van der Waals surface area contributed by atoms with E-state index in [-0.39, 0.29) is 6.10 Å². The summed E-state index contributed by atoms with van der Waals surface area (Å²) in [6, 6.07) is 0. The molecule has 90 valence electrons. The summed E-state index contributed by atoms with van der Waals surface area (Å²) in [6.07, 6.45) is 4.52. The molecule has 1 N–H and O–H groups in total. The minimum atomic E-state index is -0.161. The fraction of sp³-hybridized carbons (Fsp3) is 1.00. The number of methoxy groups -OCH3 is 1. The molecule has 1 aliphatic heterocycles. The van der Waals surface area contributed by atoms with Gasteiger partial charge in [0.25, 0.3) is 0 Å². The smallest absolute Gasteiger partial charge is 0.0664 e. The van der Waals surface area contributed by atoms with E-state index >= 15 is 0 Å². The van der Waals surface area contributed by atoms with E-state index in [0.717, 1.165) is 32.7 Å². The van der Waals surface area contributed by atoms with Crippen LogP contribution in [-0.4, -0.2) is 49.5 Å². The van der Waals surface area contributed by atoms with Crippen LogP contribution in [0.4, 0.5) is 0 Å². The second kappa shape index (κ2) is 7.20. The first-order valence-corrected chi connectivity index (χ1v) is 6.15. The van der Waals surface area contributed by atoms with E-state index in [1.807, 2.05) is 6.92 Å². The minimum Gasteiger partial charge on any atom is -0.392 e. The molecule has 0 aliphatic carbocycles. The molecule has 0 aromatic rings. The molecule has 0 radical (unpaired) electrons. The Labute approximate surface area is 93.4 Å². The molecule has 1 unspecified atom stereocenters. The van der Waals surface area contributed by atoms with Crippen molar-refractivity contribution in [3.05, 3.63) is 0 Å². The highest BCUT2D eigenvalue weighted by molar-refractivity contribution is 4.73. The van der Waals surface area contributed by atoms with Gasteiger partial charge >= 0.3 is 0 Å². The molecule has 15 heavy (non-hydrogen) atoms. The maximum Gasteiger partial charge on any atom is 0.0664 e. The van der Waals surface area contributed by atoms with Crippen molar-refractivity contribution in [2.75, 3.05) is 33.4 Å². The summed E-state index contributed by atoms with van der Waals surface area (Å²) in [5.41, 5.74) is 0. The maximum absolute atomic E-state index is 9.65. The van der Waals surface area contributed by atoms with Gasteiger partial charge in [0, 0.05) is 20.2 Å². The van der Waals surface area contributed by atoms with Crippen LogP contribution in [0, 0.1) is 5.92 Å². The number of aliphatic hydroxyl groups is 1. The summed E-state index contributed by atoms with van der Waals surface area (Å²) in [4.78, 5) is 2.39. The van der Waals surface area contributed by atoms with Crippen molar-refractivity contribution in [2.45, 2.75) is 38.7 Å².